The number of nitrogens with zero attached hydrogens (tertiary/aromatic N) is 2. The molecule has 0 bridgehead atoms. The molecule has 0 atom stereocenters. The Kier molecular flexibility index (Phi) is 7.99. The van der Waals surface area contributed by atoms with Crippen LogP contribution in [0.2, 0.25) is 0 Å². The van der Waals surface area contributed by atoms with Gasteiger partial charge in [-0.2, -0.15) is 0 Å². The lowest BCUT2D eigenvalue weighted by atomic mass is 9.95. The zero-order valence-electron chi connectivity index (χ0n) is 24.0. The van der Waals surface area contributed by atoms with E-state index in [-0.39, 0.29) is 12.4 Å². The van der Waals surface area contributed by atoms with Crippen LogP contribution in [0.15, 0.2) is 78.9 Å². The predicted octanol–water partition coefficient (Wildman–Crippen LogP) is 6.34. The van der Waals surface area contributed by atoms with Gasteiger partial charge in [-0.1, -0.05) is 49.6 Å². The fourth-order valence-electron chi connectivity index (χ4n) is 6.08. The first-order chi connectivity index (χ1) is 21.3. The first-order valence-corrected chi connectivity index (χ1v) is 14.6. The lowest BCUT2D eigenvalue weighted by Gasteiger charge is -2.25. The minimum absolute atomic E-state index is 0.278. The van der Waals surface area contributed by atoms with Crippen molar-refractivity contribution in [1.82, 2.24) is 14.5 Å². The van der Waals surface area contributed by atoms with Crippen molar-refractivity contribution in [3.63, 3.8) is 0 Å². The molecular formula is C34H33FN6O3. The third-order valence-corrected chi connectivity index (χ3v) is 8.06. The predicted molar refractivity (Wildman–Crippen MR) is 172 cm³/mol. The van der Waals surface area contributed by atoms with Crippen molar-refractivity contribution in [2.24, 2.45) is 11.5 Å². The number of nitrogens with two attached hydrogens (primary N) is 2. The molecule has 44 heavy (non-hydrogen) atoms. The van der Waals surface area contributed by atoms with Crippen LogP contribution in [-0.2, 0) is 4.79 Å². The first-order valence-electron chi connectivity index (χ1n) is 14.6. The molecule has 1 fully saturated rings. The highest BCUT2D eigenvalue weighted by molar-refractivity contribution is 6.15. The van der Waals surface area contributed by atoms with Gasteiger partial charge < -0.3 is 31.4 Å². The number of halogens is 1. The fraction of sp³-hybridized carbons (Fsp3) is 0.206. The molecule has 10 heteroatoms. The van der Waals surface area contributed by atoms with Crippen LogP contribution in [-0.4, -0.2) is 44.1 Å². The average molecular weight is 593 g/mol. The molecule has 7 rings (SSSR count). The van der Waals surface area contributed by atoms with Gasteiger partial charge in [0.2, 0.25) is 0 Å². The SMILES string of the molecule is NC(=O)c1ccc(-n2c3ccccc3c3c(-c4nc5ccc(F)cc5[nH]4)cccc32)cc1NC1CCCCC1.NCC(=O)O. The summed E-state index contributed by atoms with van der Waals surface area (Å²) in [6.07, 6.45) is 5.80. The van der Waals surface area contributed by atoms with E-state index in [0.717, 1.165) is 51.6 Å². The number of hydrogen-bond acceptors (Lipinski definition) is 5. The number of anilines is 1. The van der Waals surface area contributed by atoms with E-state index in [1.54, 1.807) is 6.07 Å². The molecule has 9 nitrogen and oxygen atoms in total. The molecule has 0 aliphatic heterocycles. The van der Waals surface area contributed by atoms with E-state index >= 15 is 0 Å². The molecule has 1 amide bonds. The Morgan fingerprint density at radius 1 is 0.977 bits per heavy atom. The van der Waals surface area contributed by atoms with Crippen LogP contribution < -0.4 is 16.8 Å². The van der Waals surface area contributed by atoms with Crippen LogP contribution in [0, 0.1) is 5.82 Å². The van der Waals surface area contributed by atoms with Gasteiger partial charge >= 0.3 is 5.97 Å². The van der Waals surface area contributed by atoms with E-state index in [2.05, 4.69) is 38.8 Å². The highest BCUT2D eigenvalue weighted by atomic mass is 19.1. The summed E-state index contributed by atoms with van der Waals surface area (Å²) in [5, 5.41) is 13.4. The van der Waals surface area contributed by atoms with Crippen molar-refractivity contribution < 1.29 is 19.1 Å². The number of amides is 1. The van der Waals surface area contributed by atoms with Crippen molar-refractivity contribution in [3.8, 4) is 17.1 Å². The minimum atomic E-state index is -0.968. The second-order valence-corrected chi connectivity index (χ2v) is 11.0. The smallest absolute Gasteiger partial charge is 0.317 e. The number of para-hydroxylation sites is 1. The van der Waals surface area contributed by atoms with E-state index in [1.165, 1.54) is 31.4 Å². The highest BCUT2D eigenvalue weighted by Gasteiger charge is 2.21. The molecule has 224 valence electrons. The number of benzene rings is 4. The molecule has 1 saturated carbocycles. The number of carbonyl (C=O) groups excluding carboxylic acids is 1. The van der Waals surface area contributed by atoms with Gasteiger partial charge in [-0.05, 0) is 61.4 Å². The molecule has 2 heterocycles. The number of H-pyrrole nitrogens is 1. The number of nitrogens with one attached hydrogen (secondary N) is 2. The number of carboxylic acid groups (broad SMARTS) is 1. The van der Waals surface area contributed by atoms with Crippen LogP contribution in [0.4, 0.5) is 10.1 Å². The van der Waals surface area contributed by atoms with E-state index in [9.17, 15) is 14.0 Å². The summed E-state index contributed by atoms with van der Waals surface area (Å²) in [5.74, 6) is -1.02. The van der Waals surface area contributed by atoms with E-state index < -0.39 is 11.9 Å². The molecule has 0 unspecified atom stereocenters. The van der Waals surface area contributed by atoms with Crippen molar-refractivity contribution in [2.45, 2.75) is 38.1 Å². The number of carbonyl (C=O) groups is 2. The van der Waals surface area contributed by atoms with E-state index in [1.807, 2.05) is 42.5 Å². The van der Waals surface area contributed by atoms with Crippen LogP contribution in [0.3, 0.4) is 0 Å². The Balaban J connectivity index is 0.000000637. The molecule has 1 aliphatic rings. The summed E-state index contributed by atoms with van der Waals surface area (Å²) in [7, 11) is 0. The molecule has 2 aromatic heterocycles. The number of hydrogen-bond donors (Lipinski definition) is 5. The molecule has 4 aromatic carbocycles. The number of primary amides is 1. The monoisotopic (exact) mass is 592 g/mol. The van der Waals surface area contributed by atoms with Crippen molar-refractivity contribution in [3.05, 3.63) is 90.2 Å². The lowest BCUT2D eigenvalue weighted by Crippen LogP contribution is -2.24. The van der Waals surface area contributed by atoms with Gasteiger partial charge in [-0.15, -0.1) is 0 Å². The largest absolute Gasteiger partial charge is 0.480 e. The summed E-state index contributed by atoms with van der Waals surface area (Å²) in [6.45, 7) is -0.278. The molecule has 0 radical (unpaired) electrons. The Hall–Kier alpha value is -5.22. The Bertz CT molecular complexity index is 2010. The highest BCUT2D eigenvalue weighted by Crippen LogP contribution is 2.39. The molecule has 7 N–H and O–H groups in total. The number of aromatic amines is 1. The van der Waals surface area contributed by atoms with Crippen LogP contribution in [0.1, 0.15) is 42.5 Å². The van der Waals surface area contributed by atoms with Gasteiger partial charge in [-0.3, -0.25) is 9.59 Å². The summed E-state index contributed by atoms with van der Waals surface area (Å²) in [6, 6.07) is 25.1. The third kappa shape index (κ3) is 5.59. The van der Waals surface area contributed by atoms with Gasteiger partial charge in [0.1, 0.15) is 11.6 Å². The zero-order valence-corrected chi connectivity index (χ0v) is 24.0. The summed E-state index contributed by atoms with van der Waals surface area (Å²) < 4.78 is 16.1. The first kappa shape index (κ1) is 28.9. The van der Waals surface area contributed by atoms with E-state index in [0.29, 0.717) is 28.5 Å². The standard InChI is InChI=1S/C32H28FN5O.C2H5NO2/c33-19-13-16-25-27(17-19)37-32(36-25)24-10-6-12-29-30(24)23-9-4-5-11-28(23)38(29)21-14-15-22(31(34)39)26(18-21)35-20-7-2-1-3-8-20;3-1-2(4)5/h4-6,9-18,20,35H,1-3,7-8H2,(H2,34,39)(H,36,37);1,3H2,(H,4,5). The second-order valence-electron chi connectivity index (χ2n) is 11.0. The van der Waals surface area contributed by atoms with Crippen molar-refractivity contribution >= 4 is 50.4 Å². The number of aliphatic carboxylic acids is 1. The van der Waals surface area contributed by atoms with Gasteiger partial charge in [0.25, 0.3) is 5.91 Å². The van der Waals surface area contributed by atoms with Crippen LogP contribution >= 0.6 is 0 Å². The minimum Gasteiger partial charge on any atom is -0.480 e. The van der Waals surface area contributed by atoms with Gasteiger partial charge in [-0.25, -0.2) is 9.37 Å². The quantitative estimate of drug-likeness (QED) is 0.152. The average Bonchev–Trinajstić information content (AvgIpc) is 3.60. The maximum atomic E-state index is 13.9. The van der Waals surface area contributed by atoms with Crippen molar-refractivity contribution in [2.75, 3.05) is 11.9 Å². The van der Waals surface area contributed by atoms with Crippen molar-refractivity contribution in [1.29, 1.82) is 0 Å². The Morgan fingerprint density at radius 2 is 1.73 bits per heavy atom. The molecular weight excluding hydrogens is 559 g/mol. The normalized spacial score (nSPS) is 13.6. The lowest BCUT2D eigenvalue weighted by molar-refractivity contribution is -0.135. The number of rotatable bonds is 6. The van der Waals surface area contributed by atoms with Crippen LogP contribution in [0.5, 0.6) is 0 Å². The summed E-state index contributed by atoms with van der Waals surface area (Å²) >= 11 is 0. The van der Waals surface area contributed by atoms with Crippen LogP contribution in [0.25, 0.3) is 49.9 Å². The molecule has 1 aliphatic carbocycles. The van der Waals surface area contributed by atoms with Gasteiger partial charge in [0.15, 0.2) is 0 Å². The summed E-state index contributed by atoms with van der Waals surface area (Å²) in [5.41, 5.74) is 16.9. The number of imidazole rings is 1. The second kappa shape index (κ2) is 12.2. The third-order valence-electron chi connectivity index (χ3n) is 8.06. The number of fused-ring (bicyclic) bond motifs is 4. The topological polar surface area (TPSA) is 152 Å². The van der Waals surface area contributed by atoms with E-state index in [4.69, 9.17) is 15.8 Å². The van der Waals surface area contributed by atoms with Gasteiger partial charge in [0, 0.05) is 33.8 Å². The maximum absolute atomic E-state index is 13.9. The van der Waals surface area contributed by atoms with Gasteiger partial charge in [0.05, 0.1) is 34.2 Å². The molecule has 0 saturated heterocycles. The Labute approximate surface area is 252 Å². The zero-order chi connectivity index (χ0) is 30.8. The number of carboxylic acids is 1. The number of aromatic nitrogens is 3. The fourth-order valence-corrected chi connectivity index (χ4v) is 6.08. The maximum Gasteiger partial charge on any atom is 0.317 e. The molecule has 6 aromatic rings. The molecule has 0 spiro atoms. The summed E-state index contributed by atoms with van der Waals surface area (Å²) in [4.78, 5) is 29.7. The Morgan fingerprint density at radius 3 is 2.48 bits per heavy atom.